The molecule has 0 saturated carbocycles. The Morgan fingerprint density at radius 2 is 1.75 bits per heavy atom. The molecule has 3 rings (SSSR count). The van der Waals surface area contributed by atoms with Gasteiger partial charge in [0.15, 0.2) is 0 Å². The second-order valence-corrected chi connectivity index (χ2v) is 6.88. The van der Waals surface area contributed by atoms with Crippen LogP contribution in [0.15, 0.2) is 42.5 Å². The lowest BCUT2D eigenvalue weighted by molar-refractivity contribution is 0.0636. The van der Waals surface area contributed by atoms with E-state index in [2.05, 4.69) is 10.6 Å². The van der Waals surface area contributed by atoms with Gasteiger partial charge in [-0.25, -0.2) is 4.79 Å². The number of anilines is 2. The zero-order chi connectivity index (χ0) is 20.3. The summed E-state index contributed by atoms with van der Waals surface area (Å²) in [5.41, 5.74) is 1.63. The minimum Gasteiger partial charge on any atom is -0.492 e. The van der Waals surface area contributed by atoms with Crippen LogP contribution in [0.5, 0.6) is 5.75 Å². The highest BCUT2D eigenvalue weighted by Gasteiger charge is 2.35. The predicted molar refractivity (Wildman–Crippen MR) is 107 cm³/mol. The van der Waals surface area contributed by atoms with Crippen molar-refractivity contribution >= 4 is 29.2 Å². The summed E-state index contributed by atoms with van der Waals surface area (Å²) in [6.45, 7) is 6.60. The van der Waals surface area contributed by atoms with Crippen molar-refractivity contribution in [1.82, 2.24) is 4.90 Å². The maximum absolute atomic E-state index is 12.5. The maximum Gasteiger partial charge on any atom is 0.323 e. The van der Waals surface area contributed by atoms with Crippen molar-refractivity contribution in [1.29, 1.82) is 0 Å². The van der Waals surface area contributed by atoms with Gasteiger partial charge in [-0.2, -0.15) is 0 Å². The van der Waals surface area contributed by atoms with Gasteiger partial charge >= 0.3 is 6.03 Å². The molecule has 2 N–H and O–H groups in total. The van der Waals surface area contributed by atoms with Crippen molar-refractivity contribution in [2.75, 3.05) is 23.8 Å². The Balaban J connectivity index is 1.74. The first-order valence-electron chi connectivity index (χ1n) is 9.20. The molecule has 0 aromatic heterocycles. The van der Waals surface area contributed by atoms with Gasteiger partial charge in [-0.1, -0.05) is 26.0 Å². The minimum absolute atomic E-state index is 0.177. The molecule has 0 spiro atoms. The van der Waals surface area contributed by atoms with E-state index in [1.807, 2.05) is 26.8 Å². The summed E-state index contributed by atoms with van der Waals surface area (Å²) < 4.78 is 5.49. The Labute approximate surface area is 163 Å². The van der Waals surface area contributed by atoms with Gasteiger partial charge in [0.05, 0.1) is 23.4 Å². The minimum atomic E-state index is -0.470. The third kappa shape index (κ3) is 3.98. The third-order valence-electron chi connectivity index (χ3n) is 4.21. The predicted octanol–water partition coefficient (Wildman–Crippen LogP) is 3.98. The van der Waals surface area contributed by atoms with Gasteiger partial charge < -0.3 is 15.4 Å². The number of amides is 4. The van der Waals surface area contributed by atoms with Gasteiger partial charge in [0.2, 0.25) is 0 Å². The number of imide groups is 1. The molecule has 2 aromatic rings. The van der Waals surface area contributed by atoms with E-state index in [1.54, 1.807) is 30.3 Å². The molecule has 0 fully saturated rings. The molecule has 0 saturated heterocycles. The number of fused-ring (bicyclic) bond motifs is 1. The first-order chi connectivity index (χ1) is 13.4. The standard InChI is InChI=1S/C21H23N3O4/c1-4-28-18-8-6-5-7-17(18)23-21(27)22-14-9-10-15-16(11-14)20(26)24(19(15)25)12-13(2)3/h5-11,13H,4,12H2,1-3H3,(H2,22,23,27). The van der Waals surface area contributed by atoms with Gasteiger partial charge in [-0.3, -0.25) is 14.5 Å². The molecule has 7 nitrogen and oxygen atoms in total. The molecule has 1 aliphatic heterocycles. The van der Waals surface area contributed by atoms with Crippen molar-refractivity contribution in [2.45, 2.75) is 20.8 Å². The van der Waals surface area contributed by atoms with E-state index in [9.17, 15) is 14.4 Å². The summed E-state index contributed by atoms with van der Waals surface area (Å²) in [5, 5.41) is 5.42. The number of para-hydroxylation sites is 2. The average Bonchev–Trinajstić information content (AvgIpc) is 2.88. The second-order valence-electron chi connectivity index (χ2n) is 6.88. The van der Waals surface area contributed by atoms with Crippen LogP contribution in [0, 0.1) is 5.92 Å². The Kier molecular flexibility index (Phi) is 5.63. The summed E-state index contributed by atoms with van der Waals surface area (Å²) in [7, 11) is 0. The van der Waals surface area contributed by atoms with Gasteiger partial charge in [-0.15, -0.1) is 0 Å². The molecule has 146 valence electrons. The SMILES string of the molecule is CCOc1ccccc1NC(=O)Nc1ccc2c(c1)C(=O)N(CC(C)C)C2=O. The summed E-state index contributed by atoms with van der Waals surface area (Å²) in [6, 6.07) is 11.4. The highest BCUT2D eigenvalue weighted by molar-refractivity contribution is 6.22. The monoisotopic (exact) mass is 381 g/mol. The molecule has 7 heteroatoms. The lowest BCUT2D eigenvalue weighted by Crippen LogP contribution is -2.33. The molecule has 0 bridgehead atoms. The average molecular weight is 381 g/mol. The second kappa shape index (κ2) is 8.12. The fourth-order valence-corrected chi connectivity index (χ4v) is 3.04. The molecule has 0 aliphatic carbocycles. The summed E-state index contributed by atoms with van der Waals surface area (Å²) in [6.07, 6.45) is 0. The fraction of sp³-hybridized carbons (Fsp3) is 0.286. The number of carbonyl (C=O) groups is 3. The molecule has 1 heterocycles. The van der Waals surface area contributed by atoms with Crippen LogP contribution in [0.25, 0.3) is 0 Å². The van der Waals surface area contributed by atoms with Crippen molar-refractivity contribution in [3.63, 3.8) is 0 Å². The maximum atomic E-state index is 12.5. The topological polar surface area (TPSA) is 87.7 Å². The Morgan fingerprint density at radius 3 is 2.46 bits per heavy atom. The van der Waals surface area contributed by atoms with Crippen molar-refractivity contribution in [2.24, 2.45) is 5.92 Å². The number of hydrogen-bond acceptors (Lipinski definition) is 4. The molecular formula is C21H23N3O4. The number of rotatable bonds is 6. The number of ether oxygens (including phenoxy) is 1. The lowest BCUT2D eigenvalue weighted by Gasteiger charge is -2.15. The number of hydrogen-bond donors (Lipinski definition) is 2. The van der Waals surface area contributed by atoms with E-state index >= 15 is 0 Å². The van der Waals surface area contributed by atoms with Gasteiger partial charge in [0.25, 0.3) is 11.8 Å². The lowest BCUT2D eigenvalue weighted by atomic mass is 10.1. The zero-order valence-corrected chi connectivity index (χ0v) is 16.1. The van der Waals surface area contributed by atoms with Gasteiger partial charge in [0.1, 0.15) is 5.75 Å². The van der Waals surface area contributed by atoms with E-state index < -0.39 is 6.03 Å². The van der Waals surface area contributed by atoms with Crippen LogP contribution in [0.2, 0.25) is 0 Å². The smallest absolute Gasteiger partial charge is 0.323 e. The number of nitrogens with zero attached hydrogens (tertiary/aromatic N) is 1. The molecule has 0 radical (unpaired) electrons. The molecule has 0 unspecified atom stereocenters. The van der Waals surface area contributed by atoms with Crippen LogP contribution < -0.4 is 15.4 Å². The van der Waals surface area contributed by atoms with Crippen molar-refractivity contribution in [3.8, 4) is 5.75 Å². The highest BCUT2D eigenvalue weighted by atomic mass is 16.5. The van der Waals surface area contributed by atoms with Crippen LogP contribution in [-0.2, 0) is 0 Å². The third-order valence-corrected chi connectivity index (χ3v) is 4.21. The molecule has 1 aliphatic rings. The van der Waals surface area contributed by atoms with Crippen LogP contribution in [-0.4, -0.2) is 35.9 Å². The van der Waals surface area contributed by atoms with Crippen molar-refractivity contribution < 1.29 is 19.1 Å². The molecule has 28 heavy (non-hydrogen) atoms. The van der Waals surface area contributed by atoms with Crippen LogP contribution >= 0.6 is 0 Å². The van der Waals surface area contributed by atoms with Crippen LogP contribution in [0.1, 0.15) is 41.5 Å². The van der Waals surface area contributed by atoms with E-state index in [0.717, 1.165) is 0 Å². The Bertz CT molecular complexity index is 924. The van der Waals surface area contributed by atoms with Crippen LogP contribution in [0.4, 0.5) is 16.2 Å². The van der Waals surface area contributed by atoms with Gasteiger partial charge in [-0.05, 0) is 43.2 Å². The number of carbonyl (C=O) groups excluding carboxylic acids is 3. The zero-order valence-electron chi connectivity index (χ0n) is 16.1. The summed E-state index contributed by atoms with van der Waals surface area (Å²) in [5.74, 6) is 0.116. The van der Waals surface area contributed by atoms with Crippen LogP contribution in [0.3, 0.4) is 0 Å². The van der Waals surface area contributed by atoms with E-state index in [-0.39, 0.29) is 17.7 Å². The first-order valence-corrected chi connectivity index (χ1v) is 9.20. The highest BCUT2D eigenvalue weighted by Crippen LogP contribution is 2.27. The number of nitrogens with one attached hydrogen (secondary N) is 2. The van der Waals surface area contributed by atoms with E-state index in [4.69, 9.17) is 4.74 Å². The summed E-state index contributed by atoms with van der Waals surface area (Å²) in [4.78, 5) is 38.6. The quantitative estimate of drug-likeness (QED) is 0.741. The largest absolute Gasteiger partial charge is 0.492 e. The van der Waals surface area contributed by atoms with Gasteiger partial charge in [0, 0.05) is 12.2 Å². The number of urea groups is 1. The molecule has 4 amide bonds. The fourth-order valence-electron chi connectivity index (χ4n) is 3.04. The normalized spacial score (nSPS) is 12.9. The Hall–Kier alpha value is -3.35. The van der Waals surface area contributed by atoms with Crippen molar-refractivity contribution in [3.05, 3.63) is 53.6 Å². The molecule has 0 atom stereocenters. The molecule has 2 aromatic carbocycles. The first kappa shape index (κ1) is 19.4. The molecular weight excluding hydrogens is 358 g/mol. The summed E-state index contributed by atoms with van der Waals surface area (Å²) >= 11 is 0. The van der Waals surface area contributed by atoms with E-state index in [0.29, 0.717) is 41.4 Å². The van der Waals surface area contributed by atoms with E-state index in [1.165, 1.54) is 11.0 Å². The number of benzene rings is 2. The Morgan fingerprint density at radius 1 is 1.04 bits per heavy atom.